The third-order valence-electron chi connectivity index (χ3n) is 2.19. The number of aromatic carboxylic acids is 1. The standard InChI is InChI=1S/C11H8FNO2S/c12-7-1-2-8(11(14)15)9(4-7)6-3-10(16)13-5-6/h1-5,13,16H,(H,14,15). The van der Waals surface area contributed by atoms with Gasteiger partial charge >= 0.3 is 5.97 Å². The number of halogens is 1. The topological polar surface area (TPSA) is 53.1 Å². The molecule has 0 aliphatic heterocycles. The summed E-state index contributed by atoms with van der Waals surface area (Å²) in [6, 6.07) is 5.21. The Hall–Kier alpha value is -1.75. The molecule has 0 radical (unpaired) electrons. The molecule has 1 aromatic carbocycles. The molecule has 0 atom stereocenters. The van der Waals surface area contributed by atoms with Gasteiger partial charge in [0, 0.05) is 17.3 Å². The molecule has 0 fully saturated rings. The zero-order valence-electron chi connectivity index (χ0n) is 8.07. The Bertz CT molecular complexity index is 551. The second kappa shape index (κ2) is 4.02. The average molecular weight is 237 g/mol. The molecule has 1 aromatic heterocycles. The first-order chi connectivity index (χ1) is 7.58. The van der Waals surface area contributed by atoms with Crippen LogP contribution in [0.3, 0.4) is 0 Å². The van der Waals surface area contributed by atoms with E-state index in [9.17, 15) is 9.18 Å². The zero-order chi connectivity index (χ0) is 11.7. The van der Waals surface area contributed by atoms with Crippen LogP contribution < -0.4 is 0 Å². The summed E-state index contributed by atoms with van der Waals surface area (Å²) < 4.78 is 13.1. The lowest BCUT2D eigenvalue weighted by Gasteiger charge is -2.03. The van der Waals surface area contributed by atoms with Crippen LogP contribution in [0.2, 0.25) is 0 Å². The fraction of sp³-hybridized carbons (Fsp3) is 0. The summed E-state index contributed by atoms with van der Waals surface area (Å²) in [7, 11) is 0. The molecule has 1 heterocycles. The molecule has 0 saturated heterocycles. The van der Waals surface area contributed by atoms with Crippen LogP contribution in [0.15, 0.2) is 35.5 Å². The van der Waals surface area contributed by atoms with Crippen LogP contribution in [0, 0.1) is 5.82 Å². The van der Waals surface area contributed by atoms with Crippen LogP contribution in [0.25, 0.3) is 11.1 Å². The molecule has 0 unspecified atom stereocenters. The van der Waals surface area contributed by atoms with E-state index in [4.69, 9.17) is 5.11 Å². The molecule has 0 amide bonds. The lowest BCUT2D eigenvalue weighted by Crippen LogP contribution is -1.99. The van der Waals surface area contributed by atoms with Gasteiger partial charge in [0.15, 0.2) is 0 Å². The number of nitrogens with one attached hydrogen (secondary N) is 1. The molecule has 3 nitrogen and oxygen atoms in total. The lowest BCUT2D eigenvalue weighted by atomic mass is 10.0. The third-order valence-corrected chi connectivity index (χ3v) is 2.45. The van der Waals surface area contributed by atoms with Crippen molar-refractivity contribution in [1.29, 1.82) is 0 Å². The van der Waals surface area contributed by atoms with Crippen molar-refractivity contribution in [2.24, 2.45) is 0 Å². The largest absolute Gasteiger partial charge is 0.478 e. The lowest BCUT2D eigenvalue weighted by molar-refractivity contribution is 0.0697. The summed E-state index contributed by atoms with van der Waals surface area (Å²) in [5.41, 5.74) is 1.000. The Morgan fingerprint density at radius 1 is 1.38 bits per heavy atom. The van der Waals surface area contributed by atoms with Gasteiger partial charge in [0.2, 0.25) is 0 Å². The van der Waals surface area contributed by atoms with Crippen LogP contribution in [-0.2, 0) is 0 Å². The molecular formula is C11H8FNO2S. The molecular weight excluding hydrogens is 229 g/mol. The highest BCUT2D eigenvalue weighted by Gasteiger charge is 2.13. The molecule has 2 rings (SSSR count). The zero-order valence-corrected chi connectivity index (χ0v) is 8.96. The Morgan fingerprint density at radius 2 is 2.12 bits per heavy atom. The number of carboxylic acids is 1. The number of hydrogen-bond donors (Lipinski definition) is 3. The molecule has 2 aromatic rings. The average Bonchev–Trinajstić information content (AvgIpc) is 2.64. The van der Waals surface area contributed by atoms with Crippen molar-refractivity contribution >= 4 is 18.6 Å². The molecule has 82 valence electrons. The maximum atomic E-state index is 13.1. The summed E-state index contributed by atoms with van der Waals surface area (Å²) in [6.45, 7) is 0. The van der Waals surface area contributed by atoms with Crippen molar-refractivity contribution in [1.82, 2.24) is 4.98 Å². The maximum absolute atomic E-state index is 13.1. The minimum Gasteiger partial charge on any atom is -0.478 e. The van der Waals surface area contributed by atoms with E-state index in [-0.39, 0.29) is 5.56 Å². The van der Waals surface area contributed by atoms with Gasteiger partial charge < -0.3 is 10.1 Å². The number of benzene rings is 1. The number of rotatable bonds is 2. The number of hydrogen-bond acceptors (Lipinski definition) is 2. The van der Waals surface area contributed by atoms with Gasteiger partial charge in [0.25, 0.3) is 0 Å². The normalized spacial score (nSPS) is 10.4. The first-order valence-electron chi connectivity index (χ1n) is 4.48. The number of carboxylic acid groups (broad SMARTS) is 1. The fourth-order valence-electron chi connectivity index (χ4n) is 1.48. The van der Waals surface area contributed by atoms with Crippen molar-refractivity contribution in [3.8, 4) is 11.1 Å². The van der Waals surface area contributed by atoms with E-state index in [0.29, 0.717) is 16.2 Å². The van der Waals surface area contributed by atoms with E-state index in [1.165, 1.54) is 12.1 Å². The highest BCUT2D eigenvalue weighted by molar-refractivity contribution is 7.80. The van der Waals surface area contributed by atoms with Gasteiger partial charge in [-0.3, -0.25) is 0 Å². The molecule has 0 aliphatic carbocycles. The van der Waals surface area contributed by atoms with Crippen LogP contribution in [0.1, 0.15) is 10.4 Å². The summed E-state index contributed by atoms with van der Waals surface area (Å²) in [6.07, 6.45) is 1.59. The van der Waals surface area contributed by atoms with Crippen LogP contribution in [-0.4, -0.2) is 16.1 Å². The summed E-state index contributed by atoms with van der Waals surface area (Å²) in [4.78, 5) is 13.8. The Kier molecular flexibility index (Phi) is 2.70. The van der Waals surface area contributed by atoms with Gasteiger partial charge in [-0.15, -0.1) is 12.6 Å². The van der Waals surface area contributed by atoms with E-state index in [1.807, 2.05) is 0 Å². The van der Waals surface area contributed by atoms with E-state index in [2.05, 4.69) is 17.6 Å². The number of H-pyrrole nitrogens is 1. The van der Waals surface area contributed by atoms with Crippen molar-refractivity contribution in [2.45, 2.75) is 5.03 Å². The Labute approximate surface area is 96.3 Å². The predicted molar refractivity (Wildman–Crippen MR) is 60.4 cm³/mol. The Balaban J connectivity index is 2.62. The van der Waals surface area contributed by atoms with Gasteiger partial charge in [-0.05, 0) is 24.3 Å². The second-order valence-corrected chi connectivity index (χ2v) is 3.75. The maximum Gasteiger partial charge on any atom is 0.336 e. The van der Waals surface area contributed by atoms with Gasteiger partial charge in [0.1, 0.15) is 5.82 Å². The van der Waals surface area contributed by atoms with Crippen molar-refractivity contribution < 1.29 is 14.3 Å². The van der Waals surface area contributed by atoms with Gasteiger partial charge in [-0.25, -0.2) is 9.18 Å². The first-order valence-corrected chi connectivity index (χ1v) is 4.93. The van der Waals surface area contributed by atoms with E-state index >= 15 is 0 Å². The van der Waals surface area contributed by atoms with E-state index < -0.39 is 11.8 Å². The summed E-state index contributed by atoms with van der Waals surface area (Å²) in [5.74, 6) is -1.56. The molecule has 0 bridgehead atoms. The molecule has 0 aliphatic rings. The quantitative estimate of drug-likeness (QED) is 0.703. The number of thiol groups is 1. The SMILES string of the molecule is O=C(O)c1ccc(F)cc1-c1c[nH]c(S)c1. The molecule has 5 heteroatoms. The minimum atomic E-state index is -1.09. The summed E-state index contributed by atoms with van der Waals surface area (Å²) >= 11 is 4.07. The van der Waals surface area contributed by atoms with Crippen molar-refractivity contribution in [3.05, 3.63) is 41.8 Å². The van der Waals surface area contributed by atoms with Crippen molar-refractivity contribution in [2.75, 3.05) is 0 Å². The smallest absolute Gasteiger partial charge is 0.336 e. The fourth-order valence-corrected chi connectivity index (χ4v) is 1.68. The highest BCUT2D eigenvalue weighted by Crippen LogP contribution is 2.26. The molecule has 0 spiro atoms. The Morgan fingerprint density at radius 3 is 2.69 bits per heavy atom. The van der Waals surface area contributed by atoms with Crippen LogP contribution in [0.4, 0.5) is 4.39 Å². The van der Waals surface area contributed by atoms with Crippen molar-refractivity contribution in [3.63, 3.8) is 0 Å². The predicted octanol–water partition coefficient (Wildman–Crippen LogP) is 2.81. The molecule has 16 heavy (non-hydrogen) atoms. The van der Waals surface area contributed by atoms with E-state index in [0.717, 1.165) is 6.07 Å². The highest BCUT2D eigenvalue weighted by atomic mass is 32.1. The minimum absolute atomic E-state index is 0.0636. The van der Waals surface area contributed by atoms with Crippen LogP contribution >= 0.6 is 12.6 Å². The van der Waals surface area contributed by atoms with Gasteiger partial charge in [0.05, 0.1) is 10.6 Å². The number of carbonyl (C=O) groups is 1. The molecule has 0 saturated carbocycles. The first kappa shape index (κ1) is 10.8. The third kappa shape index (κ3) is 1.94. The second-order valence-electron chi connectivity index (χ2n) is 3.27. The number of aromatic amines is 1. The van der Waals surface area contributed by atoms with E-state index in [1.54, 1.807) is 12.3 Å². The van der Waals surface area contributed by atoms with Gasteiger partial charge in [-0.2, -0.15) is 0 Å². The molecule has 2 N–H and O–H groups in total. The van der Waals surface area contributed by atoms with Gasteiger partial charge in [-0.1, -0.05) is 0 Å². The number of aromatic nitrogens is 1. The van der Waals surface area contributed by atoms with Crippen LogP contribution in [0.5, 0.6) is 0 Å². The monoisotopic (exact) mass is 237 g/mol. The summed E-state index contributed by atoms with van der Waals surface area (Å²) in [5, 5.41) is 9.57.